The van der Waals surface area contributed by atoms with Crippen molar-refractivity contribution in [3.8, 4) is 12.8 Å². The molecular weight excluding hydrogens is 494 g/mol. The second kappa shape index (κ2) is 24.7. The Kier molecular flexibility index (Phi) is 25.5. The molecule has 3 rings (SSSR count). The van der Waals surface area contributed by atoms with Crippen LogP contribution < -0.4 is 0 Å². The van der Waals surface area contributed by atoms with Crippen LogP contribution in [0, 0.1) is 47.3 Å². The minimum atomic E-state index is 0.529. The molecule has 5 unspecified atom stereocenters. The molecule has 2 saturated carbocycles. The van der Waals surface area contributed by atoms with Crippen molar-refractivity contribution in [1.29, 1.82) is 0 Å². The smallest absolute Gasteiger partial charge is 0.00248 e. The summed E-state index contributed by atoms with van der Waals surface area (Å²) in [5.41, 5.74) is 3.01. The fraction of sp³-hybridized carbons (Fsp3) is 0.900. The predicted octanol–water partition coefficient (Wildman–Crippen LogP) is 13.0. The molecule has 0 radical (unpaired) electrons. The highest BCUT2D eigenvalue weighted by molar-refractivity contribution is 5.17. The number of fused-ring (bicyclic) bond motifs is 2. The summed E-state index contributed by atoms with van der Waals surface area (Å²) in [6.45, 7) is 24.0. The van der Waals surface area contributed by atoms with Crippen molar-refractivity contribution in [2.24, 2.45) is 34.5 Å². The molecule has 1 heteroatoms. The van der Waals surface area contributed by atoms with Crippen LogP contribution in [0.5, 0.6) is 0 Å². The fourth-order valence-electron chi connectivity index (χ4n) is 7.76. The average Bonchev–Trinajstić information content (AvgIpc) is 3.27. The molecule has 0 N–H and O–H groups in total. The van der Waals surface area contributed by atoms with Crippen molar-refractivity contribution in [2.75, 3.05) is 20.6 Å². The number of unbranched alkanes of at least 4 members (excludes halogenated alkanes) is 3. The van der Waals surface area contributed by atoms with E-state index in [9.17, 15) is 0 Å². The molecule has 0 aromatic carbocycles. The lowest BCUT2D eigenvalue weighted by Crippen LogP contribution is -2.32. The van der Waals surface area contributed by atoms with E-state index in [1.165, 1.54) is 116 Å². The van der Waals surface area contributed by atoms with Crippen molar-refractivity contribution in [3.63, 3.8) is 0 Å². The Hall–Kier alpha value is -0.740. The summed E-state index contributed by atoms with van der Waals surface area (Å²) < 4.78 is 0. The topological polar surface area (TPSA) is 3.24 Å². The molecule has 5 atom stereocenters. The highest BCUT2D eigenvalue weighted by Crippen LogP contribution is 2.56. The van der Waals surface area contributed by atoms with E-state index < -0.39 is 0 Å². The van der Waals surface area contributed by atoms with E-state index in [4.69, 9.17) is 0 Å². The van der Waals surface area contributed by atoms with Gasteiger partial charge < -0.3 is 4.90 Å². The van der Waals surface area contributed by atoms with Crippen LogP contribution in [0.25, 0.3) is 0 Å². The van der Waals surface area contributed by atoms with E-state index in [0.717, 1.165) is 23.7 Å². The third kappa shape index (κ3) is 16.1. The van der Waals surface area contributed by atoms with Crippen molar-refractivity contribution < 1.29 is 0 Å². The second-order valence-corrected chi connectivity index (χ2v) is 14.2. The molecule has 0 saturated heterocycles. The Morgan fingerprint density at radius 3 is 2.12 bits per heavy atom. The van der Waals surface area contributed by atoms with E-state index in [-0.39, 0.29) is 0 Å². The molecule has 0 heterocycles. The van der Waals surface area contributed by atoms with Gasteiger partial charge in [0.05, 0.1) is 0 Å². The van der Waals surface area contributed by atoms with Crippen molar-refractivity contribution in [1.82, 2.24) is 4.90 Å². The van der Waals surface area contributed by atoms with Gasteiger partial charge in [0, 0.05) is 0 Å². The Labute approximate surface area is 262 Å². The van der Waals surface area contributed by atoms with E-state index >= 15 is 0 Å². The molecule has 1 nitrogen and oxygen atoms in total. The Morgan fingerprint density at radius 2 is 1.54 bits per heavy atom. The van der Waals surface area contributed by atoms with Crippen LogP contribution in [0.4, 0.5) is 0 Å². The van der Waals surface area contributed by atoms with Gasteiger partial charge in [0.15, 0.2) is 0 Å². The lowest BCUT2D eigenvalue weighted by molar-refractivity contribution is 0.110. The third-order valence-electron chi connectivity index (χ3n) is 10.4. The molecule has 0 spiro atoms. The van der Waals surface area contributed by atoms with Gasteiger partial charge in [-0.25, -0.2) is 0 Å². The van der Waals surface area contributed by atoms with E-state index in [2.05, 4.69) is 79.5 Å². The Bertz CT molecular complexity index is 642. The van der Waals surface area contributed by atoms with Crippen molar-refractivity contribution >= 4 is 0 Å². The number of rotatable bonds is 9. The highest BCUT2D eigenvalue weighted by Gasteiger charge is 2.46. The van der Waals surface area contributed by atoms with Gasteiger partial charge in [0.25, 0.3) is 0 Å². The zero-order chi connectivity index (χ0) is 31.9. The SMILES string of the molecule is C#C.CC.CC.CC(C)CCCCC1CCC2CC/C=C3/CC(C)CCC3(C)CCCC21C.CCCCCN(C)C. The Morgan fingerprint density at radius 1 is 0.878 bits per heavy atom. The summed E-state index contributed by atoms with van der Waals surface area (Å²) >= 11 is 0. The number of terminal acetylenes is 1. The average molecular weight is 574 g/mol. The summed E-state index contributed by atoms with van der Waals surface area (Å²) in [5, 5.41) is 0. The molecule has 3 aliphatic carbocycles. The Balaban J connectivity index is 0. The van der Waals surface area contributed by atoms with E-state index in [0.29, 0.717) is 10.8 Å². The maximum atomic E-state index is 4.00. The quantitative estimate of drug-likeness (QED) is 0.151. The van der Waals surface area contributed by atoms with Gasteiger partial charge in [-0.3, -0.25) is 0 Å². The minimum absolute atomic E-state index is 0.529. The predicted molar refractivity (Wildman–Crippen MR) is 191 cm³/mol. The lowest BCUT2D eigenvalue weighted by atomic mass is 9.62. The van der Waals surface area contributed by atoms with Gasteiger partial charge in [0.2, 0.25) is 0 Å². The van der Waals surface area contributed by atoms with Crippen molar-refractivity contribution in [3.05, 3.63) is 11.6 Å². The van der Waals surface area contributed by atoms with Crippen molar-refractivity contribution in [2.45, 2.75) is 178 Å². The summed E-state index contributed by atoms with van der Waals surface area (Å²) in [6, 6.07) is 0. The molecule has 0 aromatic heterocycles. The van der Waals surface area contributed by atoms with Crippen LogP contribution in [0.2, 0.25) is 0 Å². The van der Waals surface area contributed by atoms with Crippen LogP contribution >= 0.6 is 0 Å². The maximum Gasteiger partial charge on any atom is -0.00248 e. The second-order valence-electron chi connectivity index (χ2n) is 14.2. The summed E-state index contributed by atoms with van der Waals surface area (Å²) in [5.74, 6) is 3.80. The molecule has 41 heavy (non-hydrogen) atoms. The lowest BCUT2D eigenvalue weighted by Gasteiger charge is -2.43. The van der Waals surface area contributed by atoms with Gasteiger partial charge in [-0.1, -0.05) is 119 Å². The number of nitrogens with zero attached hydrogens (tertiary/aromatic N) is 1. The summed E-state index contributed by atoms with van der Waals surface area (Å²) in [6.07, 6.45) is 35.2. The zero-order valence-corrected chi connectivity index (χ0v) is 30.7. The first-order valence-corrected chi connectivity index (χ1v) is 18.3. The van der Waals surface area contributed by atoms with Gasteiger partial charge >= 0.3 is 0 Å². The van der Waals surface area contributed by atoms with Gasteiger partial charge in [-0.15, -0.1) is 12.8 Å². The molecule has 3 aliphatic rings. The number of allylic oxidation sites excluding steroid dienone is 2. The van der Waals surface area contributed by atoms with Crippen LogP contribution in [0.3, 0.4) is 0 Å². The molecule has 0 aromatic rings. The number of hydrogen-bond acceptors (Lipinski definition) is 1. The normalized spacial score (nSPS) is 30.2. The third-order valence-corrected chi connectivity index (χ3v) is 10.4. The molecule has 2 fully saturated rings. The zero-order valence-electron chi connectivity index (χ0n) is 30.7. The van der Waals surface area contributed by atoms with E-state index in [1.807, 2.05) is 33.3 Å². The summed E-state index contributed by atoms with van der Waals surface area (Å²) in [4.78, 5) is 2.23. The van der Waals surface area contributed by atoms with Crippen LogP contribution in [0.1, 0.15) is 178 Å². The van der Waals surface area contributed by atoms with Crippen LogP contribution in [-0.4, -0.2) is 25.5 Å². The molecular formula is C40H79N. The summed E-state index contributed by atoms with van der Waals surface area (Å²) in [7, 11) is 4.24. The minimum Gasteiger partial charge on any atom is -0.309 e. The molecule has 0 aliphatic heterocycles. The first-order chi connectivity index (χ1) is 19.6. The van der Waals surface area contributed by atoms with Crippen LogP contribution in [0.15, 0.2) is 11.6 Å². The van der Waals surface area contributed by atoms with Crippen LogP contribution in [-0.2, 0) is 0 Å². The fourth-order valence-corrected chi connectivity index (χ4v) is 7.76. The first kappa shape index (κ1) is 42.4. The van der Waals surface area contributed by atoms with E-state index in [1.54, 1.807) is 0 Å². The molecule has 244 valence electrons. The standard InChI is InChI=1S/C27H48.C7H17N.2C2H6.C2H2/c1-21(2)10-6-7-11-23-14-15-24-12-8-13-25-20-22(3)16-19-26(25,4)17-9-18-27(23,24)5;1-4-5-6-7-8(2)3;3*1-2/h13,21-24H,6-12,14-20H2,1-5H3;4-7H2,1-3H3;2*1-2H3;1-2H/b25-13-;;;;. The van der Waals surface area contributed by atoms with Gasteiger partial charge in [-0.2, -0.15) is 0 Å². The number of hydrogen-bond donors (Lipinski definition) is 0. The van der Waals surface area contributed by atoms with Gasteiger partial charge in [0.1, 0.15) is 0 Å². The molecule has 0 bridgehead atoms. The monoisotopic (exact) mass is 574 g/mol. The molecule has 0 amide bonds. The largest absolute Gasteiger partial charge is 0.309 e. The highest BCUT2D eigenvalue weighted by atomic mass is 15.0. The van der Waals surface area contributed by atoms with Gasteiger partial charge in [-0.05, 0) is 126 Å². The maximum absolute atomic E-state index is 4.00. The first-order valence-electron chi connectivity index (χ1n) is 18.3.